The van der Waals surface area contributed by atoms with Crippen molar-refractivity contribution in [2.45, 2.75) is 19.6 Å². The second-order valence-electron chi connectivity index (χ2n) is 6.61. The average Bonchev–Trinajstić information content (AvgIpc) is 3.39. The number of para-hydroxylation sites is 3. The number of fused-ring (bicyclic) bond motifs is 1. The van der Waals surface area contributed by atoms with E-state index in [1.807, 2.05) is 30.3 Å². The van der Waals surface area contributed by atoms with E-state index in [0.29, 0.717) is 22.6 Å². The van der Waals surface area contributed by atoms with Crippen LogP contribution in [-0.2, 0) is 17.9 Å². The maximum Gasteiger partial charge on any atom is 0.419 e. The van der Waals surface area contributed by atoms with E-state index in [9.17, 15) is 14.4 Å². The van der Waals surface area contributed by atoms with Crippen molar-refractivity contribution in [1.29, 1.82) is 0 Å². The van der Waals surface area contributed by atoms with Crippen LogP contribution in [-0.4, -0.2) is 16.4 Å². The van der Waals surface area contributed by atoms with Crippen molar-refractivity contribution in [2.24, 2.45) is 0 Å². The van der Waals surface area contributed by atoms with Gasteiger partial charge in [0.25, 0.3) is 0 Å². The molecule has 0 saturated heterocycles. The number of amides is 2. The fourth-order valence-corrected chi connectivity index (χ4v) is 2.94. The topological polar surface area (TPSA) is 116 Å². The first-order valence-corrected chi connectivity index (χ1v) is 9.54. The van der Waals surface area contributed by atoms with E-state index in [-0.39, 0.29) is 25.3 Å². The predicted octanol–water partition coefficient (Wildman–Crippen LogP) is 2.62. The van der Waals surface area contributed by atoms with E-state index < -0.39 is 17.6 Å². The lowest BCUT2D eigenvalue weighted by atomic mass is 10.3. The van der Waals surface area contributed by atoms with Gasteiger partial charge in [-0.15, -0.1) is 0 Å². The first-order chi connectivity index (χ1) is 15.1. The molecule has 2 heterocycles. The Morgan fingerprint density at radius 2 is 1.68 bits per heavy atom. The van der Waals surface area contributed by atoms with Gasteiger partial charge in [-0.2, -0.15) is 0 Å². The molecule has 0 spiro atoms. The summed E-state index contributed by atoms with van der Waals surface area (Å²) < 4.78 is 17.5. The molecule has 0 aliphatic rings. The Hall–Kier alpha value is -4.27. The first-order valence-electron chi connectivity index (χ1n) is 9.54. The van der Waals surface area contributed by atoms with Crippen molar-refractivity contribution in [3.63, 3.8) is 0 Å². The van der Waals surface area contributed by atoms with Gasteiger partial charge in [-0.25, -0.2) is 4.79 Å². The van der Waals surface area contributed by atoms with Crippen molar-refractivity contribution < 1.29 is 23.2 Å². The Morgan fingerprint density at radius 3 is 2.52 bits per heavy atom. The Bertz CT molecular complexity index is 1250. The summed E-state index contributed by atoms with van der Waals surface area (Å²) >= 11 is 0. The molecule has 9 heteroatoms. The second-order valence-corrected chi connectivity index (χ2v) is 6.61. The Morgan fingerprint density at radius 1 is 0.903 bits per heavy atom. The van der Waals surface area contributed by atoms with Crippen molar-refractivity contribution in [3.8, 4) is 5.75 Å². The van der Waals surface area contributed by atoms with Crippen LogP contribution in [0.1, 0.15) is 22.7 Å². The van der Waals surface area contributed by atoms with Crippen LogP contribution in [0.3, 0.4) is 0 Å². The molecule has 0 fully saturated rings. The smallest absolute Gasteiger partial charge is 0.419 e. The minimum atomic E-state index is -0.606. The standard InChI is InChI=1S/C22H19N3O6/c26-20(12-13-25-17-8-4-5-9-18(17)31-22(25)28)23-24-21(27)19-11-10-16(30-19)14-29-15-6-2-1-3-7-15/h1-11H,12-14H2,(H,23,26)(H,24,27). The highest BCUT2D eigenvalue weighted by atomic mass is 16.5. The van der Waals surface area contributed by atoms with Gasteiger partial charge < -0.3 is 13.6 Å². The van der Waals surface area contributed by atoms with Gasteiger partial charge in [0, 0.05) is 13.0 Å². The number of carbonyl (C=O) groups excluding carboxylic acids is 2. The van der Waals surface area contributed by atoms with Gasteiger partial charge in [0.2, 0.25) is 5.91 Å². The third-order valence-corrected chi connectivity index (χ3v) is 4.46. The molecule has 0 aliphatic carbocycles. The number of hydrogen-bond donors (Lipinski definition) is 2. The summed E-state index contributed by atoms with van der Waals surface area (Å²) in [6.45, 7) is 0.274. The van der Waals surface area contributed by atoms with Crippen LogP contribution in [0.15, 0.2) is 80.4 Å². The van der Waals surface area contributed by atoms with E-state index in [1.165, 1.54) is 10.6 Å². The van der Waals surface area contributed by atoms with E-state index in [4.69, 9.17) is 13.6 Å². The summed E-state index contributed by atoms with van der Waals surface area (Å²) in [4.78, 5) is 36.2. The number of oxazole rings is 1. The van der Waals surface area contributed by atoms with Crippen LogP contribution in [0.4, 0.5) is 0 Å². The summed E-state index contributed by atoms with van der Waals surface area (Å²) in [5.41, 5.74) is 5.64. The number of nitrogens with zero attached hydrogens (tertiary/aromatic N) is 1. The molecule has 0 unspecified atom stereocenters. The summed E-state index contributed by atoms with van der Waals surface area (Å²) in [7, 11) is 0. The van der Waals surface area contributed by atoms with Crippen LogP contribution in [0, 0.1) is 0 Å². The quantitative estimate of drug-likeness (QED) is 0.443. The zero-order chi connectivity index (χ0) is 21.6. The van der Waals surface area contributed by atoms with Gasteiger partial charge in [0.05, 0.1) is 5.52 Å². The maximum atomic E-state index is 12.2. The lowest BCUT2D eigenvalue weighted by Crippen LogP contribution is -2.42. The summed E-state index contributed by atoms with van der Waals surface area (Å²) in [6, 6.07) is 19.3. The molecule has 0 radical (unpaired) electrons. The Labute approximate surface area is 176 Å². The highest BCUT2D eigenvalue weighted by Gasteiger charge is 2.14. The number of aromatic nitrogens is 1. The molecule has 2 aromatic heterocycles. The van der Waals surface area contributed by atoms with E-state index in [2.05, 4.69) is 10.9 Å². The van der Waals surface area contributed by atoms with Crippen LogP contribution in [0.2, 0.25) is 0 Å². The number of aryl methyl sites for hydroxylation is 1. The van der Waals surface area contributed by atoms with E-state index in [0.717, 1.165) is 0 Å². The van der Waals surface area contributed by atoms with E-state index >= 15 is 0 Å². The van der Waals surface area contributed by atoms with Crippen LogP contribution >= 0.6 is 0 Å². The molecular weight excluding hydrogens is 402 g/mol. The fraction of sp³-hybridized carbons (Fsp3) is 0.136. The van der Waals surface area contributed by atoms with Gasteiger partial charge in [-0.3, -0.25) is 25.0 Å². The molecule has 158 valence electrons. The van der Waals surface area contributed by atoms with E-state index in [1.54, 1.807) is 30.3 Å². The first kappa shape index (κ1) is 20.0. The number of ether oxygens (including phenoxy) is 1. The zero-order valence-electron chi connectivity index (χ0n) is 16.4. The monoisotopic (exact) mass is 421 g/mol. The number of furan rings is 1. The van der Waals surface area contributed by atoms with Crippen LogP contribution < -0.4 is 21.3 Å². The molecule has 4 rings (SSSR count). The number of nitrogens with one attached hydrogen (secondary N) is 2. The SMILES string of the molecule is O=C(CCn1c(=O)oc2ccccc21)NNC(=O)c1ccc(COc2ccccc2)o1. The predicted molar refractivity (Wildman–Crippen MR) is 110 cm³/mol. The highest BCUT2D eigenvalue weighted by molar-refractivity contribution is 5.92. The number of rotatable bonds is 7. The third-order valence-electron chi connectivity index (χ3n) is 4.46. The number of carbonyl (C=O) groups is 2. The number of hydrazine groups is 1. The highest BCUT2D eigenvalue weighted by Crippen LogP contribution is 2.14. The lowest BCUT2D eigenvalue weighted by Gasteiger charge is -2.06. The molecule has 2 N–H and O–H groups in total. The normalized spacial score (nSPS) is 10.7. The molecule has 2 aromatic carbocycles. The average molecular weight is 421 g/mol. The zero-order valence-corrected chi connectivity index (χ0v) is 16.4. The maximum absolute atomic E-state index is 12.2. The summed E-state index contributed by atoms with van der Waals surface area (Å²) in [5, 5.41) is 0. The summed E-state index contributed by atoms with van der Waals surface area (Å²) in [6.07, 6.45) is -0.0297. The molecule has 0 atom stereocenters. The van der Waals surface area contributed by atoms with Crippen molar-refractivity contribution >= 4 is 22.9 Å². The Kier molecular flexibility index (Phi) is 5.84. The van der Waals surface area contributed by atoms with Crippen molar-refractivity contribution in [2.75, 3.05) is 0 Å². The molecule has 4 aromatic rings. The van der Waals surface area contributed by atoms with Gasteiger partial charge in [0.15, 0.2) is 11.3 Å². The van der Waals surface area contributed by atoms with Gasteiger partial charge in [-0.05, 0) is 36.4 Å². The lowest BCUT2D eigenvalue weighted by molar-refractivity contribution is -0.122. The molecular formula is C22H19N3O6. The van der Waals surface area contributed by atoms with Gasteiger partial charge in [0.1, 0.15) is 18.1 Å². The summed E-state index contributed by atoms with van der Waals surface area (Å²) in [5.74, 6) is -0.439. The largest absolute Gasteiger partial charge is 0.486 e. The van der Waals surface area contributed by atoms with Crippen LogP contribution in [0.25, 0.3) is 11.1 Å². The molecule has 2 amide bonds. The Balaban J connectivity index is 1.26. The number of hydrogen-bond acceptors (Lipinski definition) is 6. The third kappa shape index (κ3) is 4.84. The number of benzene rings is 2. The molecule has 31 heavy (non-hydrogen) atoms. The molecule has 0 saturated carbocycles. The molecule has 9 nitrogen and oxygen atoms in total. The fourth-order valence-electron chi connectivity index (χ4n) is 2.94. The second kappa shape index (κ2) is 9.04. The molecule has 0 bridgehead atoms. The van der Waals surface area contributed by atoms with Crippen molar-refractivity contribution in [1.82, 2.24) is 15.4 Å². The van der Waals surface area contributed by atoms with Crippen molar-refractivity contribution in [3.05, 3.63) is 88.8 Å². The minimum absolute atomic E-state index is 0.0297. The minimum Gasteiger partial charge on any atom is -0.486 e. The molecule has 0 aliphatic heterocycles. The van der Waals surface area contributed by atoms with Gasteiger partial charge in [-0.1, -0.05) is 30.3 Å². The van der Waals surface area contributed by atoms with Gasteiger partial charge >= 0.3 is 11.7 Å². The van der Waals surface area contributed by atoms with Crippen LogP contribution in [0.5, 0.6) is 5.75 Å².